The third-order valence-electron chi connectivity index (χ3n) is 7.99. The summed E-state index contributed by atoms with van der Waals surface area (Å²) in [5.74, 6) is 0. The van der Waals surface area contributed by atoms with Gasteiger partial charge in [0, 0.05) is 5.54 Å². The first-order chi connectivity index (χ1) is 18.4. The van der Waals surface area contributed by atoms with Crippen molar-refractivity contribution in [1.82, 2.24) is 5.32 Å². The van der Waals surface area contributed by atoms with Crippen molar-refractivity contribution in [3.8, 4) is 0 Å². The van der Waals surface area contributed by atoms with Gasteiger partial charge in [-0.15, -0.1) is 0 Å². The lowest BCUT2D eigenvalue weighted by atomic mass is 9.74. The second-order valence-electron chi connectivity index (χ2n) is 12.4. The number of allylic oxidation sites excluding steroid dienone is 13. The first-order valence-corrected chi connectivity index (χ1v) is 15.5. The maximum Gasteiger partial charge on any atom is 0.0345 e. The molecule has 222 valence electrons. The van der Waals surface area contributed by atoms with Crippen LogP contribution in [0.15, 0.2) is 82.5 Å². The Balaban J connectivity index is 0.000000935. The smallest absolute Gasteiger partial charge is 0.0345 e. The Bertz CT molecular complexity index is 930. The predicted molar refractivity (Wildman–Crippen MR) is 179 cm³/mol. The van der Waals surface area contributed by atoms with Crippen molar-refractivity contribution in [2.45, 2.75) is 127 Å². The van der Waals surface area contributed by atoms with Crippen molar-refractivity contribution in [2.75, 3.05) is 13.6 Å². The van der Waals surface area contributed by atoms with E-state index in [4.69, 9.17) is 5.73 Å². The summed E-state index contributed by atoms with van der Waals surface area (Å²) in [6.07, 6.45) is 28.3. The monoisotopic (exact) mass is 537 g/mol. The largest absolute Gasteiger partial charge is 0.330 e. The van der Waals surface area contributed by atoms with Crippen LogP contribution in [0.1, 0.15) is 121 Å². The van der Waals surface area contributed by atoms with Gasteiger partial charge in [-0.2, -0.15) is 0 Å². The molecule has 0 fully saturated rings. The molecule has 0 saturated carbocycles. The van der Waals surface area contributed by atoms with Gasteiger partial charge in [0.25, 0.3) is 0 Å². The molecule has 39 heavy (non-hydrogen) atoms. The second-order valence-corrected chi connectivity index (χ2v) is 12.4. The predicted octanol–water partition coefficient (Wildman–Crippen LogP) is 10.6. The quantitative estimate of drug-likeness (QED) is 0.181. The topological polar surface area (TPSA) is 38.0 Å². The van der Waals surface area contributed by atoms with E-state index in [1.54, 1.807) is 22.3 Å². The van der Waals surface area contributed by atoms with Gasteiger partial charge < -0.3 is 11.1 Å². The van der Waals surface area contributed by atoms with Gasteiger partial charge >= 0.3 is 0 Å². The van der Waals surface area contributed by atoms with E-state index in [0.29, 0.717) is 0 Å². The van der Waals surface area contributed by atoms with E-state index in [-0.39, 0.29) is 16.4 Å². The average molecular weight is 537 g/mol. The molecule has 0 aliphatic heterocycles. The van der Waals surface area contributed by atoms with Crippen LogP contribution in [0.25, 0.3) is 0 Å². The Morgan fingerprint density at radius 2 is 1.49 bits per heavy atom. The van der Waals surface area contributed by atoms with Crippen molar-refractivity contribution in [1.29, 1.82) is 0 Å². The number of nitrogens with two attached hydrogens (primary N) is 1. The van der Waals surface area contributed by atoms with E-state index >= 15 is 0 Å². The van der Waals surface area contributed by atoms with Gasteiger partial charge in [-0.3, -0.25) is 0 Å². The molecule has 2 aliphatic carbocycles. The maximum atomic E-state index is 5.49. The molecular formula is C37H64N2. The molecule has 0 amide bonds. The van der Waals surface area contributed by atoms with Crippen LogP contribution in [-0.2, 0) is 0 Å². The zero-order chi connectivity index (χ0) is 30.1. The normalized spacial score (nSPS) is 17.6. The summed E-state index contributed by atoms with van der Waals surface area (Å²) in [6, 6.07) is 0. The van der Waals surface area contributed by atoms with Crippen LogP contribution in [0.2, 0.25) is 0 Å². The summed E-state index contributed by atoms with van der Waals surface area (Å²) in [5.41, 5.74) is 13.9. The fraction of sp³-hybridized carbons (Fsp3) is 0.622. The minimum absolute atomic E-state index is 0.0881. The molecule has 0 saturated heterocycles. The van der Waals surface area contributed by atoms with Gasteiger partial charge in [-0.1, -0.05) is 138 Å². The van der Waals surface area contributed by atoms with Crippen molar-refractivity contribution >= 4 is 0 Å². The molecular weight excluding hydrogens is 472 g/mol. The molecule has 3 N–H and O–H groups in total. The van der Waals surface area contributed by atoms with Crippen LogP contribution >= 0.6 is 0 Å². The van der Waals surface area contributed by atoms with Gasteiger partial charge in [0.1, 0.15) is 0 Å². The van der Waals surface area contributed by atoms with Crippen molar-refractivity contribution in [2.24, 2.45) is 16.6 Å². The number of likely N-dealkylation sites (N-methyl/N-ethyl adjacent to an activating group) is 1. The number of hydrogen-bond donors (Lipinski definition) is 2. The van der Waals surface area contributed by atoms with Crippen molar-refractivity contribution in [3.63, 3.8) is 0 Å². The van der Waals surface area contributed by atoms with Crippen LogP contribution in [0.3, 0.4) is 0 Å². The zero-order valence-corrected chi connectivity index (χ0v) is 27.9. The van der Waals surface area contributed by atoms with Gasteiger partial charge in [0.2, 0.25) is 0 Å². The summed E-state index contributed by atoms with van der Waals surface area (Å²) in [7, 11) is 1.97. The highest BCUT2D eigenvalue weighted by Crippen LogP contribution is 2.45. The molecule has 2 rings (SSSR count). The van der Waals surface area contributed by atoms with E-state index in [0.717, 1.165) is 32.2 Å². The molecule has 1 unspecified atom stereocenters. The Hall–Kier alpha value is -1.90. The van der Waals surface area contributed by atoms with Crippen molar-refractivity contribution < 1.29 is 0 Å². The summed E-state index contributed by atoms with van der Waals surface area (Å²) in [5, 5.41) is 3.25. The summed E-state index contributed by atoms with van der Waals surface area (Å²) in [4.78, 5) is 0. The molecule has 0 bridgehead atoms. The molecule has 0 radical (unpaired) electrons. The molecule has 1 atom stereocenters. The molecule has 0 aromatic carbocycles. The first-order valence-electron chi connectivity index (χ1n) is 15.5. The third-order valence-corrected chi connectivity index (χ3v) is 7.99. The molecule has 0 spiro atoms. The van der Waals surface area contributed by atoms with Gasteiger partial charge in [-0.25, -0.2) is 0 Å². The van der Waals surface area contributed by atoms with E-state index < -0.39 is 0 Å². The van der Waals surface area contributed by atoms with Crippen molar-refractivity contribution in [3.05, 3.63) is 82.5 Å². The highest BCUT2D eigenvalue weighted by molar-refractivity contribution is 5.39. The first kappa shape index (κ1) is 37.1. The molecule has 0 aromatic rings. The summed E-state index contributed by atoms with van der Waals surface area (Å²) in [6.45, 7) is 25.2. The Morgan fingerprint density at radius 1 is 0.923 bits per heavy atom. The fourth-order valence-electron chi connectivity index (χ4n) is 5.24. The van der Waals surface area contributed by atoms with Crippen LogP contribution in [0.5, 0.6) is 0 Å². The lowest BCUT2D eigenvalue weighted by Crippen LogP contribution is -2.39. The summed E-state index contributed by atoms with van der Waals surface area (Å²) >= 11 is 0. The van der Waals surface area contributed by atoms with Gasteiger partial charge in [-0.05, 0) is 90.1 Å². The van der Waals surface area contributed by atoms with E-state index in [9.17, 15) is 0 Å². The Labute approximate surface area is 244 Å². The second kappa shape index (κ2) is 18.4. The number of rotatable bonds is 13. The standard InChI is InChI=1S/C26H38.C9H20N2.C2H6/c1-8-10-11-20(3)18-25(4,5)24-15-13-22(17-24)19-26(6,7)23-14-12-21(9-2)16-23;1-4-5-6-9(2,11-3)7-8-10;1-2/h8,10-15H,9,16-19H2,1-7H3;5-6,11H,4,7-8,10H2,1-3H3;1-2H3/b10-8-,20-11+;;. The zero-order valence-electron chi connectivity index (χ0n) is 27.9. The van der Waals surface area contributed by atoms with E-state index in [1.807, 2.05) is 20.9 Å². The average Bonchev–Trinajstić information content (AvgIpc) is 3.58. The fourth-order valence-corrected chi connectivity index (χ4v) is 5.24. The SMILES string of the molecule is C/C=C\C=C(/C)CC(C)(C)C1=CC=C(CC(C)(C)C2=CC=C(CC)C2)C1.CC.CCC=CC(C)(CCN)NC. The van der Waals surface area contributed by atoms with Crippen LogP contribution < -0.4 is 11.1 Å². The van der Waals surface area contributed by atoms with Crippen LogP contribution in [0.4, 0.5) is 0 Å². The van der Waals surface area contributed by atoms with Gasteiger partial charge in [0.05, 0.1) is 0 Å². The Morgan fingerprint density at radius 3 is 1.97 bits per heavy atom. The molecule has 2 heteroatoms. The lowest BCUT2D eigenvalue weighted by Gasteiger charge is -2.30. The summed E-state index contributed by atoms with van der Waals surface area (Å²) < 4.78 is 0. The van der Waals surface area contributed by atoms with E-state index in [2.05, 4.69) is 122 Å². The molecule has 0 aromatic heterocycles. The third kappa shape index (κ3) is 13.3. The highest BCUT2D eigenvalue weighted by Gasteiger charge is 2.31. The Kier molecular flexibility index (Phi) is 17.5. The van der Waals surface area contributed by atoms with E-state index in [1.165, 1.54) is 24.8 Å². The van der Waals surface area contributed by atoms with Gasteiger partial charge in [0.15, 0.2) is 0 Å². The lowest BCUT2D eigenvalue weighted by molar-refractivity contribution is 0.413. The molecule has 0 heterocycles. The molecule has 2 aliphatic rings. The molecule has 2 nitrogen and oxygen atoms in total. The number of hydrogen-bond acceptors (Lipinski definition) is 2. The maximum absolute atomic E-state index is 5.49. The minimum Gasteiger partial charge on any atom is -0.330 e. The van der Waals surface area contributed by atoms with Crippen LogP contribution in [-0.4, -0.2) is 19.1 Å². The number of nitrogens with one attached hydrogen (secondary N) is 1. The minimum atomic E-state index is 0.0881. The highest BCUT2D eigenvalue weighted by atomic mass is 14.9. The van der Waals surface area contributed by atoms with Crippen LogP contribution in [0, 0.1) is 10.8 Å².